The molecule has 2 nitrogen and oxygen atoms in total. The molecular formula is C10H10BrIO2. The van der Waals surface area contributed by atoms with Gasteiger partial charge in [0.15, 0.2) is 5.78 Å². The van der Waals surface area contributed by atoms with Gasteiger partial charge in [-0.15, -0.1) is 0 Å². The lowest BCUT2D eigenvalue weighted by atomic mass is 10.1. The molecular weight excluding hydrogens is 359 g/mol. The standard InChI is InChI=1S/C10H10BrIO2/c1-14-10-6-7(12)2-3-8(10)9(13)4-5-11/h2-3,6H,4-5H2,1H3. The molecule has 0 bridgehead atoms. The molecule has 4 heteroatoms. The summed E-state index contributed by atoms with van der Waals surface area (Å²) in [6.07, 6.45) is 0.497. The monoisotopic (exact) mass is 368 g/mol. The van der Waals surface area contributed by atoms with Crippen molar-refractivity contribution in [2.45, 2.75) is 6.42 Å². The molecule has 0 amide bonds. The van der Waals surface area contributed by atoms with E-state index in [0.29, 0.717) is 23.1 Å². The summed E-state index contributed by atoms with van der Waals surface area (Å²) in [7, 11) is 1.58. The van der Waals surface area contributed by atoms with Crippen molar-refractivity contribution in [3.63, 3.8) is 0 Å². The first-order chi connectivity index (χ1) is 6.69. The molecule has 0 aliphatic heterocycles. The Labute approximate surface area is 105 Å². The zero-order valence-electron chi connectivity index (χ0n) is 7.72. The third kappa shape index (κ3) is 2.95. The van der Waals surface area contributed by atoms with Crippen LogP contribution in [0.15, 0.2) is 18.2 Å². The van der Waals surface area contributed by atoms with Crippen molar-refractivity contribution in [2.75, 3.05) is 12.4 Å². The molecule has 0 saturated heterocycles. The molecule has 14 heavy (non-hydrogen) atoms. The third-order valence-corrected chi connectivity index (χ3v) is 2.85. The first-order valence-electron chi connectivity index (χ1n) is 4.11. The average molecular weight is 369 g/mol. The van der Waals surface area contributed by atoms with Crippen LogP contribution in [0.1, 0.15) is 16.8 Å². The maximum Gasteiger partial charge on any atom is 0.167 e. The van der Waals surface area contributed by atoms with Gasteiger partial charge < -0.3 is 4.74 Å². The number of alkyl halides is 1. The number of benzene rings is 1. The van der Waals surface area contributed by atoms with E-state index in [4.69, 9.17) is 4.74 Å². The van der Waals surface area contributed by atoms with Crippen LogP contribution in [0.5, 0.6) is 5.75 Å². The van der Waals surface area contributed by atoms with Crippen LogP contribution >= 0.6 is 38.5 Å². The van der Waals surface area contributed by atoms with Gasteiger partial charge in [0.1, 0.15) is 5.75 Å². The molecule has 0 aliphatic carbocycles. The number of Topliss-reactive ketones (excluding diaryl/α,β-unsaturated/α-hetero) is 1. The topological polar surface area (TPSA) is 26.3 Å². The number of carbonyl (C=O) groups is 1. The summed E-state index contributed by atoms with van der Waals surface area (Å²) in [4.78, 5) is 11.6. The zero-order valence-corrected chi connectivity index (χ0v) is 11.5. The molecule has 0 heterocycles. The predicted molar refractivity (Wildman–Crippen MR) is 68.5 cm³/mol. The second kappa shape index (κ2) is 5.70. The van der Waals surface area contributed by atoms with Crippen molar-refractivity contribution in [1.29, 1.82) is 0 Å². The Hall–Kier alpha value is -0.100. The highest BCUT2D eigenvalue weighted by atomic mass is 127. The zero-order chi connectivity index (χ0) is 10.6. The molecule has 0 atom stereocenters. The molecule has 0 radical (unpaired) electrons. The molecule has 76 valence electrons. The van der Waals surface area contributed by atoms with Crippen LogP contribution in [0.25, 0.3) is 0 Å². The Morgan fingerprint density at radius 2 is 2.29 bits per heavy atom. The number of halogens is 2. The minimum absolute atomic E-state index is 0.107. The van der Waals surface area contributed by atoms with E-state index in [0.717, 1.165) is 3.57 Å². The first kappa shape index (κ1) is 12.0. The Morgan fingerprint density at radius 1 is 1.57 bits per heavy atom. The van der Waals surface area contributed by atoms with Crippen molar-refractivity contribution in [3.05, 3.63) is 27.3 Å². The second-order valence-corrected chi connectivity index (χ2v) is 4.75. The highest BCUT2D eigenvalue weighted by molar-refractivity contribution is 14.1. The first-order valence-corrected chi connectivity index (χ1v) is 6.31. The number of carbonyl (C=O) groups excluding carboxylic acids is 1. The van der Waals surface area contributed by atoms with E-state index in [2.05, 4.69) is 38.5 Å². The molecule has 0 fully saturated rings. The van der Waals surface area contributed by atoms with Crippen LogP contribution in [0.4, 0.5) is 0 Å². The highest BCUT2D eigenvalue weighted by Crippen LogP contribution is 2.22. The number of hydrogen-bond acceptors (Lipinski definition) is 2. The smallest absolute Gasteiger partial charge is 0.167 e. The number of ketones is 1. The Balaban J connectivity index is 3.01. The van der Waals surface area contributed by atoms with Crippen LogP contribution in [0.2, 0.25) is 0 Å². The molecule has 0 spiro atoms. The van der Waals surface area contributed by atoms with Gasteiger partial charge in [-0.3, -0.25) is 4.79 Å². The number of rotatable bonds is 4. The summed E-state index contributed by atoms with van der Waals surface area (Å²) in [5.74, 6) is 0.762. The Kier molecular flexibility index (Phi) is 4.88. The number of methoxy groups -OCH3 is 1. The Bertz CT molecular complexity index is 339. The molecule has 0 N–H and O–H groups in total. The SMILES string of the molecule is COc1cc(I)ccc1C(=O)CCBr. The molecule has 0 unspecified atom stereocenters. The maximum absolute atomic E-state index is 11.6. The van der Waals surface area contributed by atoms with Crippen LogP contribution in [-0.4, -0.2) is 18.2 Å². The van der Waals surface area contributed by atoms with Gasteiger partial charge >= 0.3 is 0 Å². The van der Waals surface area contributed by atoms with Gasteiger partial charge in [0.25, 0.3) is 0 Å². The fraction of sp³-hybridized carbons (Fsp3) is 0.300. The van der Waals surface area contributed by atoms with Crippen molar-refractivity contribution >= 4 is 44.3 Å². The quantitative estimate of drug-likeness (QED) is 0.463. The van der Waals surface area contributed by atoms with Gasteiger partial charge in [-0.2, -0.15) is 0 Å². The van der Waals surface area contributed by atoms with Crippen LogP contribution in [-0.2, 0) is 0 Å². The van der Waals surface area contributed by atoms with Crippen LogP contribution in [0, 0.1) is 3.57 Å². The lowest BCUT2D eigenvalue weighted by molar-refractivity contribution is 0.0987. The molecule has 0 saturated carbocycles. The van der Waals surface area contributed by atoms with Gasteiger partial charge in [0, 0.05) is 15.3 Å². The molecule has 1 rings (SSSR count). The van der Waals surface area contributed by atoms with Crippen molar-refractivity contribution < 1.29 is 9.53 Å². The normalized spacial score (nSPS) is 9.93. The Morgan fingerprint density at radius 3 is 2.86 bits per heavy atom. The molecule has 1 aromatic rings. The van der Waals surface area contributed by atoms with Crippen LogP contribution < -0.4 is 4.74 Å². The summed E-state index contributed by atoms with van der Waals surface area (Å²) < 4.78 is 6.22. The van der Waals surface area contributed by atoms with Crippen molar-refractivity contribution in [1.82, 2.24) is 0 Å². The van der Waals surface area contributed by atoms with E-state index in [9.17, 15) is 4.79 Å². The van der Waals surface area contributed by atoms with E-state index in [1.165, 1.54) is 0 Å². The molecule has 0 aliphatic rings. The van der Waals surface area contributed by atoms with Gasteiger partial charge in [-0.25, -0.2) is 0 Å². The summed E-state index contributed by atoms with van der Waals surface area (Å²) in [6.45, 7) is 0. The van der Waals surface area contributed by atoms with Crippen LogP contribution in [0.3, 0.4) is 0 Å². The molecule has 0 aromatic heterocycles. The van der Waals surface area contributed by atoms with Gasteiger partial charge in [-0.05, 0) is 40.8 Å². The third-order valence-electron chi connectivity index (χ3n) is 1.79. The fourth-order valence-corrected chi connectivity index (χ4v) is 1.94. The fourth-order valence-electron chi connectivity index (χ4n) is 1.12. The molecule has 1 aromatic carbocycles. The summed E-state index contributed by atoms with van der Waals surface area (Å²) >= 11 is 5.43. The van der Waals surface area contributed by atoms with Gasteiger partial charge in [0.05, 0.1) is 12.7 Å². The van der Waals surface area contributed by atoms with Gasteiger partial charge in [-0.1, -0.05) is 15.9 Å². The minimum Gasteiger partial charge on any atom is -0.496 e. The van der Waals surface area contributed by atoms with E-state index < -0.39 is 0 Å². The van der Waals surface area contributed by atoms with Crippen molar-refractivity contribution in [2.24, 2.45) is 0 Å². The van der Waals surface area contributed by atoms with E-state index in [-0.39, 0.29) is 5.78 Å². The van der Waals surface area contributed by atoms with E-state index in [1.54, 1.807) is 7.11 Å². The largest absolute Gasteiger partial charge is 0.496 e. The lowest BCUT2D eigenvalue weighted by Crippen LogP contribution is -2.02. The van der Waals surface area contributed by atoms with Gasteiger partial charge in [0.2, 0.25) is 0 Å². The maximum atomic E-state index is 11.6. The lowest BCUT2D eigenvalue weighted by Gasteiger charge is -2.06. The van der Waals surface area contributed by atoms with E-state index in [1.807, 2.05) is 18.2 Å². The average Bonchev–Trinajstić information content (AvgIpc) is 2.17. The second-order valence-electron chi connectivity index (χ2n) is 2.71. The summed E-state index contributed by atoms with van der Waals surface area (Å²) in [6, 6.07) is 5.58. The summed E-state index contributed by atoms with van der Waals surface area (Å²) in [5, 5.41) is 0.682. The number of hydrogen-bond donors (Lipinski definition) is 0. The summed E-state index contributed by atoms with van der Waals surface area (Å²) in [5.41, 5.74) is 0.660. The van der Waals surface area contributed by atoms with E-state index >= 15 is 0 Å². The minimum atomic E-state index is 0.107. The van der Waals surface area contributed by atoms with Crippen molar-refractivity contribution in [3.8, 4) is 5.75 Å². The predicted octanol–water partition coefficient (Wildman–Crippen LogP) is 3.27. The highest BCUT2D eigenvalue weighted by Gasteiger charge is 2.11. The number of ether oxygens (including phenoxy) is 1.